The van der Waals surface area contributed by atoms with Crippen LogP contribution < -0.4 is 4.90 Å². The van der Waals surface area contributed by atoms with Gasteiger partial charge in [0.2, 0.25) is 0 Å². The molecule has 0 saturated carbocycles. The minimum absolute atomic E-state index is 0.538. The molecule has 0 amide bonds. The lowest BCUT2D eigenvalue weighted by atomic mass is 10.0. The van der Waals surface area contributed by atoms with Crippen molar-refractivity contribution in [2.24, 2.45) is 0 Å². The van der Waals surface area contributed by atoms with Crippen molar-refractivity contribution in [2.75, 3.05) is 64.4 Å². The molecule has 128 valence electrons. The van der Waals surface area contributed by atoms with E-state index in [1.54, 1.807) is 7.11 Å². The molecule has 2 heterocycles. The number of benzene rings is 1. The van der Waals surface area contributed by atoms with Gasteiger partial charge in [0.25, 0.3) is 0 Å². The summed E-state index contributed by atoms with van der Waals surface area (Å²) in [5.41, 5.74) is 2.99. The first-order valence-electron chi connectivity index (χ1n) is 9.06. The van der Waals surface area contributed by atoms with Gasteiger partial charge in [0.1, 0.15) is 0 Å². The Kier molecular flexibility index (Phi) is 5.92. The summed E-state index contributed by atoms with van der Waals surface area (Å²) in [6.45, 7) is 11.4. The molecule has 3 rings (SSSR count). The Morgan fingerprint density at radius 1 is 1.04 bits per heavy atom. The number of nitrogens with zero attached hydrogens (tertiary/aromatic N) is 3. The van der Waals surface area contributed by atoms with Crippen LogP contribution in [0.2, 0.25) is 0 Å². The van der Waals surface area contributed by atoms with Crippen molar-refractivity contribution in [3.8, 4) is 0 Å². The van der Waals surface area contributed by atoms with Gasteiger partial charge in [-0.15, -0.1) is 0 Å². The second-order valence-corrected chi connectivity index (χ2v) is 6.90. The first-order valence-corrected chi connectivity index (χ1v) is 9.06. The second kappa shape index (κ2) is 8.13. The molecule has 0 bridgehead atoms. The molecule has 0 spiro atoms. The summed E-state index contributed by atoms with van der Waals surface area (Å²) in [7, 11) is 1.79. The van der Waals surface area contributed by atoms with Crippen LogP contribution in [0.5, 0.6) is 0 Å². The number of ether oxygens (including phenoxy) is 1. The predicted molar refractivity (Wildman–Crippen MR) is 96.3 cm³/mol. The van der Waals surface area contributed by atoms with E-state index in [0.717, 1.165) is 13.2 Å². The zero-order valence-corrected chi connectivity index (χ0v) is 14.7. The maximum atomic E-state index is 5.28. The second-order valence-electron chi connectivity index (χ2n) is 6.90. The van der Waals surface area contributed by atoms with E-state index in [4.69, 9.17) is 4.74 Å². The summed E-state index contributed by atoms with van der Waals surface area (Å²) in [5.74, 6) is 0. The van der Waals surface area contributed by atoms with Crippen LogP contribution in [0, 0.1) is 0 Å². The van der Waals surface area contributed by atoms with Crippen LogP contribution in [0.25, 0.3) is 0 Å². The minimum atomic E-state index is 0.538. The Morgan fingerprint density at radius 2 is 1.83 bits per heavy atom. The maximum Gasteiger partial charge on any atom is 0.0615 e. The summed E-state index contributed by atoms with van der Waals surface area (Å²) in [4.78, 5) is 7.75. The van der Waals surface area contributed by atoms with Crippen molar-refractivity contribution in [3.63, 3.8) is 0 Å². The zero-order valence-electron chi connectivity index (χ0n) is 14.7. The highest BCUT2D eigenvalue weighted by Gasteiger charge is 2.22. The fourth-order valence-corrected chi connectivity index (χ4v) is 3.88. The third-order valence-electron chi connectivity index (χ3n) is 5.33. The van der Waals surface area contributed by atoms with Gasteiger partial charge in [0, 0.05) is 64.7 Å². The highest BCUT2D eigenvalue weighted by molar-refractivity contribution is 5.55. The van der Waals surface area contributed by atoms with Gasteiger partial charge in [0.05, 0.1) is 6.61 Å². The molecule has 0 radical (unpaired) electrons. The van der Waals surface area contributed by atoms with Crippen molar-refractivity contribution in [1.82, 2.24) is 9.80 Å². The number of para-hydroxylation sites is 1. The molecule has 1 aromatic carbocycles. The molecule has 1 atom stereocenters. The number of fused-ring (bicyclic) bond motifs is 1. The van der Waals surface area contributed by atoms with Crippen molar-refractivity contribution < 1.29 is 4.74 Å². The van der Waals surface area contributed by atoms with E-state index in [1.165, 1.54) is 63.4 Å². The maximum absolute atomic E-state index is 5.28. The van der Waals surface area contributed by atoms with Crippen LogP contribution in [0.4, 0.5) is 5.69 Å². The number of methoxy groups -OCH3 is 1. The standard InChI is InChI=1S/C19H31N3O/c1-17(16-23-2)21-13-10-20(11-14-21)12-15-22-9-5-7-18-6-3-4-8-19(18)22/h3-4,6,8,17H,5,7,9-16H2,1-2H3/t17-/m1/s1. The van der Waals surface area contributed by atoms with Gasteiger partial charge in [-0.1, -0.05) is 18.2 Å². The van der Waals surface area contributed by atoms with E-state index >= 15 is 0 Å². The van der Waals surface area contributed by atoms with E-state index in [2.05, 4.69) is 45.9 Å². The number of hydrogen-bond acceptors (Lipinski definition) is 4. The molecule has 23 heavy (non-hydrogen) atoms. The van der Waals surface area contributed by atoms with Crippen molar-refractivity contribution in [1.29, 1.82) is 0 Å². The van der Waals surface area contributed by atoms with Gasteiger partial charge in [-0.3, -0.25) is 9.80 Å². The topological polar surface area (TPSA) is 19.0 Å². The molecule has 4 nitrogen and oxygen atoms in total. The quantitative estimate of drug-likeness (QED) is 0.800. The number of aryl methyl sites for hydroxylation is 1. The molecule has 2 aliphatic rings. The van der Waals surface area contributed by atoms with Crippen LogP contribution in [0.3, 0.4) is 0 Å². The van der Waals surface area contributed by atoms with E-state index in [0.29, 0.717) is 6.04 Å². The summed E-state index contributed by atoms with van der Waals surface area (Å²) < 4.78 is 5.28. The normalized spacial score (nSPS) is 21.2. The third-order valence-corrected chi connectivity index (χ3v) is 5.33. The lowest BCUT2D eigenvalue weighted by molar-refractivity contribution is 0.0581. The van der Waals surface area contributed by atoms with Crippen molar-refractivity contribution >= 4 is 5.69 Å². The highest BCUT2D eigenvalue weighted by Crippen LogP contribution is 2.26. The van der Waals surface area contributed by atoms with Crippen molar-refractivity contribution in [2.45, 2.75) is 25.8 Å². The molecule has 2 aliphatic heterocycles. The molecule has 0 N–H and O–H groups in total. The molecule has 1 aromatic rings. The lowest BCUT2D eigenvalue weighted by Crippen LogP contribution is -2.52. The van der Waals surface area contributed by atoms with Gasteiger partial charge >= 0.3 is 0 Å². The molecule has 0 unspecified atom stereocenters. The molecule has 0 aliphatic carbocycles. The number of piperazine rings is 1. The van der Waals surface area contributed by atoms with Crippen LogP contribution in [0.15, 0.2) is 24.3 Å². The minimum Gasteiger partial charge on any atom is -0.383 e. The van der Waals surface area contributed by atoms with Gasteiger partial charge in [0.15, 0.2) is 0 Å². The predicted octanol–water partition coefficient (Wildman–Crippen LogP) is 2.09. The molecule has 4 heteroatoms. The Hall–Kier alpha value is -1.10. The number of anilines is 1. The number of rotatable bonds is 6. The van der Waals surface area contributed by atoms with Gasteiger partial charge < -0.3 is 9.64 Å². The Bertz CT molecular complexity index is 485. The zero-order chi connectivity index (χ0) is 16.1. The smallest absolute Gasteiger partial charge is 0.0615 e. The Balaban J connectivity index is 1.46. The van der Waals surface area contributed by atoms with Crippen LogP contribution in [0.1, 0.15) is 18.9 Å². The molecule has 0 aromatic heterocycles. The third kappa shape index (κ3) is 4.25. The Labute approximate surface area is 141 Å². The molecular weight excluding hydrogens is 286 g/mol. The Morgan fingerprint density at radius 3 is 2.61 bits per heavy atom. The number of hydrogen-bond donors (Lipinski definition) is 0. The molecule has 1 fully saturated rings. The van der Waals surface area contributed by atoms with Gasteiger partial charge in [-0.25, -0.2) is 0 Å². The van der Waals surface area contributed by atoms with Crippen LogP contribution in [-0.2, 0) is 11.2 Å². The van der Waals surface area contributed by atoms with E-state index < -0.39 is 0 Å². The van der Waals surface area contributed by atoms with Crippen LogP contribution >= 0.6 is 0 Å². The monoisotopic (exact) mass is 317 g/mol. The summed E-state index contributed by atoms with van der Waals surface area (Å²) >= 11 is 0. The first kappa shape index (κ1) is 16.7. The molecular formula is C19H31N3O. The average Bonchev–Trinajstić information content (AvgIpc) is 2.60. The van der Waals surface area contributed by atoms with Gasteiger partial charge in [-0.05, 0) is 31.4 Å². The van der Waals surface area contributed by atoms with E-state index in [1.807, 2.05) is 0 Å². The fourth-order valence-electron chi connectivity index (χ4n) is 3.88. The van der Waals surface area contributed by atoms with Crippen molar-refractivity contribution in [3.05, 3.63) is 29.8 Å². The van der Waals surface area contributed by atoms with Crippen LogP contribution in [-0.4, -0.2) is 75.4 Å². The molecule has 1 saturated heterocycles. The van der Waals surface area contributed by atoms with E-state index in [9.17, 15) is 0 Å². The lowest BCUT2D eigenvalue weighted by Gasteiger charge is -2.39. The highest BCUT2D eigenvalue weighted by atomic mass is 16.5. The summed E-state index contributed by atoms with van der Waals surface area (Å²) in [5, 5.41) is 0. The summed E-state index contributed by atoms with van der Waals surface area (Å²) in [6.07, 6.45) is 2.53. The average molecular weight is 317 g/mol. The largest absolute Gasteiger partial charge is 0.383 e. The summed E-state index contributed by atoms with van der Waals surface area (Å²) in [6, 6.07) is 9.46. The SMILES string of the molecule is COC[C@@H](C)N1CCN(CCN2CCCc3ccccc32)CC1. The van der Waals surface area contributed by atoms with Gasteiger partial charge in [-0.2, -0.15) is 0 Å². The first-order chi connectivity index (χ1) is 11.3. The van der Waals surface area contributed by atoms with E-state index in [-0.39, 0.29) is 0 Å². The fraction of sp³-hybridized carbons (Fsp3) is 0.684.